The Morgan fingerprint density at radius 3 is 2.59 bits per heavy atom. The zero-order chi connectivity index (χ0) is 44.6. The molecule has 20 heteroatoms. The Labute approximate surface area is 366 Å². The molecule has 2 bridgehead atoms. The van der Waals surface area contributed by atoms with Crippen LogP contribution in [0.4, 0.5) is 20.3 Å². The first kappa shape index (κ1) is 43.1. The fraction of sp³-hybridized carbons (Fsp3) is 0.523. The lowest BCUT2D eigenvalue weighted by molar-refractivity contribution is -0.141. The van der Waals surface area contributed by atoms with E-state index in [4.69, 9.17) is 20.2 Å². The molecule has 1 saturated carbocycles. The fourth-order valence-electron chi connectivity index (χ4n) is 9.89. The van der Waals surface area contributed by atoms with Crippen LogP contribution in [0.5, 0.6) is 0 Å². The maximum atomic E-state index is 14.3. The van der Waals surface area contributed by atoms with Crippen LogP contribution in [0.3, 0.4) is 0 Å². The Morgan fingerprint density at radius 1 is 1.09 bits per heavy atom. The number of alkyl halides is 2. The second-order valence-electron chi connectivity index (χ2n) is 17.3. The number of anilines is 2. The molecule has 1 aliphatic carbocycles. The largest absolute Gasteiger partial charge is 0.480 e. The number of aromatic nitrogens is 7. The van der Waals surface area contributed by atoms with Crippen molar-refractivity contribution in [1.29, 1.82) is 0 Å². The number of imidazole rings is 1. The molecule has 9 rings (SSSR count). The van der Waals surface area contributed by atoms with Gasteiger partial charge in [0.1, 0.15) is 24.0 Å². The number of carbonyl (C=O) groups excluding carboxylic acids is 2. The Morgan fingerprint density at radius 2 is 1.89 bits per heavy atom. The number of amides is 2. The van der Waals surface area contributed by atoms with Crippen molar-refractivity contribution < 1.29 is 37.7 Å². The van der Waals surface area contributed by atoms with Crippen LogP contribution in [0.2, 0.25) is 0 Å². The summed E-state index contributed by atoms with van der Waals surface area (Å²) in [5.74, 6) is 4.88. The molecule has 1 unspecified atom stereocenters. The van der Waals surface area contributed by atoms with Gasteiger partial charge in [-0.25, -0.2) is 27.9 Å². The highest BCUT2D eigenvalue weighted by molar-refractivity contribution is 6.08. The molecule has 64 heavy (non-hydrogen) atoms. The number of halogens is 2. The molecule has 1 aromatic carbocycles. The average Bonchev–Trinajstić information content (AvgIpc) is 4.13. The monoisotopic (exact) mass is 883 g/mol. The highest BCUT2D eigenvalue weighted by Crippen LogP contribution is 2.36. The second kappa shape index (κ2) is 18.1. The number of hydrogen-bond donors (Lipinski definition) is 3. The van der Waals surface area contributed by atoms with Crippen molar-refractivity contribution in [3.63, 3.8) is 0 Å². The molecule has 3 atom stereocenters. The molecule has 338 valence electrons. The lowest BCUT2D eigenvalue weighted by atomic mass is 9.85. The molecule has 7 heterocycles. The zero-order valence-electron chi connectivity index (χ0n) is 35.4. The predicted octanol–water partition coefficient (Wildman–Crippen LogP) is 3.90. The van der Waals surface area contributed by atoms with Gasteiger partial charge in [0.2, 0.25) is 5.91 Å². The molecule has 0 spiro atoms. The van der Waals surface area contributed by atoms with E-state index in [2.05, 4.69) is 37.2 Å². The molecule has 4 aliphatic rings. The van der Waals surface area contributed by atoms with Crippen LogP contribution < -0.4 is 21.6 Å². The number of nitrogens with zero attached hydrogens (tertiary/aromatic N) is 9. The Hall–Kier alpha value is -6.17. The number of nitrogens with two attached hydrogens (primary N) is 1. The van der Waals surface area contributed by atoms with Crippen LogP contribution in [0.15, 0.2) is 47.7 Å². The van der Waals surface area contributed by atoms with Gasteiger partial charge in [-0.1, -0.05) is 17.9 Å². The maximum absolute atomic E-state index is 14.3. The van der Waals surface area contributed by atoms with Gasteiger partial charge in [-0.3, -0.25) is 23.4 Å². The van der Waals surface area contributed by atoms with E-state index in [1.807, 2.05) is 6.07 Å². The first-order chi connectivity index (χ1) is 30.9. The maximum Gasteiger partial charge on any atom is 0.329 e. The third-order valence-corrected chi connectivity index (χ3v) is 13.2. The van der Waals surface area contributed by atoms with E-state index in [9.17, 15) is 33.1 Å². The molecule has 3 saturated heterocycles. The van der Waals surface area contributed by atoms with Gasteiger partial charge in [0.05, 0.1) is 59.4 Å². The average molecular weight is 884 g/mol. The van der Waals surface area contributed by atoms with Crippen molar-refractivity contribution in [2.45, 2.75) is 94.5 Å². The summed E-state index contributed by atoms with van der Waals surface area (Å²) >= 11 is 0. The number of primary amides is 1. The van der Waals surface area contributed by atoms with Gasteiger partial charge in [-0.2, -0.15) is 10.2 Å². The molecule has 5 aromatic rings. The molecule has 4 fully saturated rings. The van der Waals surface area contributed by atoms with Gasteiger partial charge in [0, 0.05) is 52.0 Å². The summed E-state index contributed by atoms with van der Waals surface area (Å²) < 4.78 is 46.1. The van der Waals surface area contributed by atoms with Crippen LogP contribution in [-0.2, 0) is 26.1 Å². The van der Waals surface area contributed by atoms with E-state index < -0.39 is 41.6 Å². The number of benzene rings is 1. The number of likely N-dealkylation sites (tertiary alicyclic amines) is 1. The second-order valence-corrected chi connectivity index (χ2v) is 17.3. The van der Waals surface area contributed by atoms with Crippen molar-refractivity contribution in [2.75, 3.05) is 49.6 Å². The minimum atomic E-state index is -2.87. The lowest BCUT2D eigenvalue weighted by Gasteiger charge is -2.36. The van der Waals surface area contributed by atoms with Crippen LogP contribution in [0, 0.1) is 17.8 Å². The molecule has 0 radical (unpaired) electrons. The third-order valence-electron chi connectivity index (χ3n) is 13.2. The molecular formula is C44H51F2N11O7. The number of para-hydroxylation sites is 1. The number of aliphatic carboxylic acids is 1. The SMILES string of the molecule is Cn1c(=O)n(C(CCC(N)=O)C(=O)O)c2cccc(C#CCOC3CCN(CC4CCC(n5cc(NC(=O)c6cnn7ccc(N8C[C@H]9C[C@@H]8CO9)nc67)c(C(F)F)n5)CC4)CC3)c21. The lowest BCUT2D eigenvalue weighted by Crippen LogP contribution is -2.40. The number of carbonyl (C=O) groups is 3. The smallest absolute Gasteiger partial charge is 0.329 e. The quantitative estimate of drug-likeness (QED) is 0.136. The van der Waals surface area contributed by atoms with E-state index in [1.165, 1.54) is 26.0 Å². The number of carboxylic acid groups (broad SMARTS) is 1. The molecule has 4 aromatic heterocycles. The summed E-state index contributed by atoms with van der Waals surface area (Å²) in [4.78, 5) is 59.5. The predicted molar refractivity (Wildman–Crippen MR) is 229 cm³/mol. The summed E-state index contributed by atoms with van der Waals surface area (Å²) in [6.45, 7) is 4.26. The van der Waals surface area contributed by atoms with E-state index >= 15 is 0 Å². The first-order valence-electron chi connectivity index (χ1n) is 21.9. The van der Waals surface area contributed by atoms with E-state index in [0.717, 1.165) is 76.9 Å². The minimum Gasteiger partial charge on any atom is -0.480 e. The Bertz CT molecular complexity index is 2680. The summed E-state index contributed by atoms with van der Waals surface area (Å²) in [5.41, 5.74) is 6.23. The van der Waals surface area contributed by atoms with Crippen LogP contribution in [0.25, 0.3) is 16.7 Å². The van der Waals surface area contributed by atoms with Crippen molar-refractivity contribution in [1.82, 2.24) is 38.4 Å². The number of piperidine rings is 1. The van der Waals surface area contributed by atoms with Crippen LogP contribution in [-0.4, -0.2) is 119 Å². The number of fused-ring (bicyclic) bond motifs is 4. The normalized spacial score (nSPS) is 22.0. The molecule has 4 N–H and O–H groups in total. The van der Waals surface area contributed by atoms with Gasteiger partial charge < -0.3 is 35.4 Å². The summed E-state index contributed by atoms with van der Waals surface area (Å²) in [7, 11) is 1.56. The molecule has 3 aliphatic heterocycles. The Kier molecular flexibility index (Phi) is 12.2. The summed E-state index contributed by atoms with van der Waals surface area (Å²) in [6.07, 6.45) is 7.79. The standard InChI is InChI=1S/C44H51F2N11O7/c1-52-39-27(4-2-6-34(39)57(44(52)62)35(43(60)61)11-12-36(47)58)5-3-19-63-30-13-16-53(17-14-30)22-26-7-9-28(10-8-26)56-24-33(38(51-56)40(45)46)49-42(59)32-21-48-55-18-15-37(50-41(32)55)54-23-31-20-29(54)25-64-31/h2,4,6,15,18,21,24,26,28-31,35,40H,7-14,16-17,19-20,22-23,25H2,1H3,(H2,47,58)(H,49,59)(H,60,61)/t26?,28?,29-,31-,35?/m1/s1. The summed E-state index contributed by atoms with van der Waals surface area (Å²) in [5, 5.41) is 21.1. The van der Waals surface area contributed by atoms with Crippen molar-refractivity contribution >= 4 is 46.0 Å². The topological polar surface area (TPSA) is 209 Å². The van der Waals surface area contributed by atoms with E-state index in [-0.39, 0.29) is 55.0 Å². The number of carboxylic acids is 1. The first-order valence-corrected chi connectivity index (χ1v) is 21.9. The van der Waals surface area contributed by atoms with Crippen molar-refractivity contribution in [3.05, 3.63) is 70.2 Å². The number of morpholine rings is 1. The fourth-order valence-corrected chi connectivity index (χ4v) is 9.89. The number of hydrogen-bond acceptors (Lipinski definition) is 11. The highest BCUT2D eigenvalue weighted by Gasteiger charge is 2.40. The number of aryl methyl sites for hydroxylation is 1. The number of nitrogens with one attached hydrogen (secondary N) is 1. The third kappa shape index (κ3) is 8.71. The Balaban J connectivity index is 0.750. The van der Waals surface area contributed by atoms with E-state index in [0.29, 0.717) is 34.8 Å². The van der Waals surface area contributed by atoms with Crippen LogP contribution >= 0.6 is 0 Å². The van der Waals surface area contributed by atoms with E-state index in [1.54, 1.807) is 36.1 Å². The van der Waals surface area contributed by atoms with Crippen molar-refractivity contribution in [2.24, 2.45) is 18.7 Å². The highest BCUT2D eigenvalue weighted by atomic mass is 19.3. The van der Waals surface area contributed by atoms with Gasteiger partial charge >= 0.3 is 11.7 Å². The van der Waals surface area contributed by atoms with Gasteiger partial charge in [-0.15, -0.1) is 0 Å². The number of ether oxygens (including phenoxy) is 2. The molecule has 2 amide bonds. The van der Waals surface area contributed by atoms with Gasteiger partial charge in [-0.05, 0) is 75.5 Å². The molecule has 18 nitrogen and oxygen atoms in total. The zero-order valence-corrected chi connectivity index (χ0v) is 35.4. The van der Waals surface area contributed by atoms with Crippen molar-refractivity contribution in [3.8, 4) is 11.8 Å². The minimum absolute atomic E-state index is 0.0208. The van der Waals surface area contributed by atoms with Gasteiger partial charge in [0.25, 0.3) is 12.3 Å². The molecular weight excluding hydrogens is 833 g/mol. The number of rotatable bonds is 14. The summed E-state index contributed by atoms with van der Waals surface area (Å²) in [6, 6.07) is 5.91. The van der Waals surface area contributed by atoms with Crippen LogP contribution in [0.1, 0.15) is 97.9 Å². The van der Waals surface area contributed by atoms with Gasteiger partial charge in [0.15, 0.2) is 11.3 Å².